The van der Waals surface area contributed by atoms with E-state index in [1.807, 2.05) is 0 Å². The number of aliphatic hydroxyl groups excluding tert-OH is 1. The van der Waals surface area contributed by atoms with Gasteiger partial charge >= 0.3 is 5.97 Å². The molecule has 39 heavy (non-hydrogen) atoms. The molecule has 0 spiro atoms. The third kappa shape index (κ3) is 8.94. The van der Waals surface area contributed by atoms with Gasteiger partial charge < -0.3 is 9.84 Å². The maximum atomic E-state index is 11.6. The van der Waals surface area contributed by atoms with Gasteiger partial charge in [0, 0.05) is 17.9 Å². The molecule has 6 fully saturated rings. The van der Waals surface area contributed by atoms with Crippen LogP contribution in [0.1, 0.15) is 130 Å². The fourth-order valence-electron chi connectivity index (χ4n) is 7.84. The molecule has 224 valence electrons. The van der Waals surface area contributed by atoms with E-state index in [-0.39, 0.29) is 28.5 Å². The molecule has 0 unspecified atom stereocenters. The molecule has 0 heterocycles. The number of carbonyl (C=O) groups excluding carboxylic acids is 2. The molecule has 0 aromatic carbocycles. The Bertz CT molecular complexity index is 805. The quantitative estimate of drug-likeness (QED) is 0.225. The zero-order valence-corrected chi connectivity index (χ0v) is 26.2. The summed E-state index contributed by atoms with van der Waals surface area (Å²) in [7, 11) is 0. The Morgan fingerprint density at radius 3 is 1.54 bits per heavy atom. The van der Waals surface area contributed by atoms with Gasteiger partial charge in [-0.25, -0.2) is 0 Å². The summed E-state index contributed by atoms with van der Waals surface area (Å²) in [6.45, 7) is 10.5. The van der Waals surface area contributed by atoms with Crippen LogP contribution in [-0.2, 0) is 14.3 Å². The van der Waals surface area contributed by atoms with E-state index in [0.717, 1.165) is 61.2 Å². The summed E-state index contributed by atoms with van der Waals surface area (Å²) in [6, 6.07) is 0. The topological polar surface area (TPSA) is 63.6 Å². The fourth-order valence-corrected chi connectivity index (χ4v) is 8.05. The van der Waals surface area contributed by atoms with Crippen LogP contribution in [0.3, 0.4) is 0 Å². The van der Waals surface area contributed by atoms with Crippen molar-refractivity contribution in [2.45, 2.75) is 130 Å². The zero-order valence-electron chi connectivity index (χ0n) is 25.4. The molecule has 0 saturated heterocycles. The molecule has 6 rings (SSSR count). The number of aliphatic hydroxyl groups is 1. The molecule has 6 saturated carbocycles. The van der Waals surface area contributed by atoms with E-state index in [4.69, 9.17) is 16.3 Å². The minimum Gasteiger partial charge on any atom is -0.465 e. The van der Waals surface area contributed by atoms with E-state index >= 15 is 0 Å². The van der Waals surface area contributed by atoms with Crippen LogP contribution < -0.4 is 0 Å². The molecule has 0 aromatic heterocycles. The van der Waals surface area contributed by atoms with E-state index in [9.17, 15) is 14.7 Å². The largest absolute Gasteiger partial charge is 0.465 e. The zero-order chi connectivity index (χ0) is 28.2. The van der Waals surface area contributed by atoms with Crippen LogP contribution >= 0.6 is 11.6 Å². The summed E-state index contributed by atoms with van der Waals surface area (Å²) in [5, 5.41) is 9.13. The number of rotatable bonds is 9. The van der Waals surface area contributed by atoms with E-state index in [0.29, 0.717) is 18.6 Å². The molecule has 0 aliphatic heterocycles. The lowest BCUT2D eigenvalue weighted by Gasteiger charge is -2.29. The highest BCUT2D eigenvalue weighted by Gasteiger charge is 2.55. The predicted octanol–water partition coefficient (Wildman–Crippen LogP) is 8.57. The number of esters is 1. The Morgan fingerprint density at radius 2 is 1.18 bits per heavy atom. The van der Waals surface area contributed by atoms with E-state index in [1.54, 1.807) is 0 Å². The summed E-state index contributed by atoms with van der Waals surface area (Å²) in [5.74, 6) is 5.72. The lowest BCUT2D eigenvalue weighted by molar-refractivity contribution is -0.147. The number of hydrogen-bond donors (Lipinski definition) is 1. The third-order valence-electron chi connectivity index (χ3n) is 11.6. The van der Waals surface area contributed by atoms with Crippen LogP contribution in [0.2, 0.25) is 0 Å². The summed E-state index contributed by atoms with van der Waals surface area (Å²) >= 11 is 5.04. The number of ether oxygens (including phenoxy) is 1. The molecule has 6 aliphatic rings. The molecule has 4 nitrogen and oxygen atoms in total. The van der Waals surface area contributed by atoms with Crippen molar-refractivity contribution < 1.29 is 19.4 Å². The minimum absolute atomic E-state index is 0.0668. The van der Waals surface area contributed by atoms with Crippen molar-refractivity contribution in [3.05, 3.63) is 0 Å². The number of hydrogen-bond acceptors (Lipinski definition) is 4. The summed E-state index contributed by atoms with van der Waals surface area (Å²) < 4.78 is 5.52. The first kappa shape index (κ1) is 31.3. The van der Waals surface area contributed by atoms with Gasteiger partial charge in [0.1, 0.15) is 0 Å². The van der Waals surface area contributed by atoms with Gasteiger partial charge in [0.2, 0.25) is 5.24 Å². The summed E-state index contributed by atoms with van der Waals surface area (Å²) in [5.41, 5.74) is 0.582. The van der Waals surface area contributed by atoms with Crippen LogP contribution in [-0.4, -0.2) is 29.5 Å². The third-order valence-corrected chi connectivity index (χ3v) is 11.9. The lowest BCUT2D eigenvalue weighted by Crippen LogP contribution is -2.22. The molecule has 0 aromatic rings. The second kappa shape index (κ2) is 13.6. The first-order valence-electron chi connectivity index (χ1n) is 16.5. The van der Waals surface area contributed by atoms with Crippen molar-refractivity contribution in [3.8, 4) is 0 Å². The van der Waals surface area contributed by atoms with E-state index in [1.165, 1.54) is 77.0 Å². The van der Waals surface area contributed by atoms with Gasteiger partial charge in [-0.2, -0.15) is 0 Å². The Hall–Kier alpha value is -0.610. The predicted molar refractivity (Wildman–Crippen MR) is 158 cm³/mol. The van der Waals surface area contributed by atoms with Gasteiger partial charge in [-0.05, 0) is 91.0 Å². The monoisotopic (exact) mass is 564 g/mol. The van der Waals surface area contributed by atoms with Crippen molar-refractivity contribution in [2.75, 3.05) is 13.2 Å². The number of halogens is 1. The van der Waals surface area contributed by atoms with Crippen LogP contribution in [0.25, 0.3) is 0 Å². The Balaban J connectivity index is 0.000000154. The molecule has 0 bridgehead atoms. The first-order valence-corrected chi connectivity index (χ1v) is 16.9. The minimum atomic E-state index is -0.157. The van der Waals surface area contributed by atoms with Crippen LogP contribution in [0.4, 0.5) is 0 Å². The van der Waals surface area contributed by atoms with Gasteiger partial charge in [0.05, 0.1) is 12.5 Å². The van der Waals surface area contributed by atoms with Gasteiger partial charge in [-0.3, -0.25) is 9.59 Å². The van der Waals surface area contributed by atoms with Crippen molar-refractivity contribution in [3.63, 3.8) is 0 Å². The van der Waals surface area contributed by atoms with Crippen molar-refractivity contribution in [1.29, 1.82) is 0 Å². The number of carbonyl (C=O) groups is 2. The van der Waals surface area contributed by atoms with E-state index < -0.39 is 0 Å². The van der Waals surface area contributed by atoms with Crippen molar-refractivity contribution >= 4 is 22.8 Å². The SMILES string of the molecule is C[C@@H](C1CCCCC1)[C@@H]1C[C@@]1(C)CO.C[C@@H](C1CCCCC1)[C@@H]1C[C@@]1(C)COC(=O)C1CC1.O=C(Cl)C1CC1. The van der Waals surface area contributed by atoms with Gasteiger partial charge in [-0.15, -0.1) is 0 Å². The summed E-state index contributed by atoms with van der Waals surface area (Å²) in [4.78, 5) is 21.6. The van der Waals surface area contributed by atoms with Gasteiger partial charge in [-0.1, -0.05) is 91.9 Å². The second-order valence-electron chi connectivity index (χ2n) is 15.1. The molecule has 5 heteroatoms. The average Bonchev–Trinajstić information content (AvgIpc) is 3.78. The Kier molecular flexibility index (Phi) is 10.9. The smallest absolute Gasteiger partial charge is 0.308 e. The van der Waals surface area contributed by atoms with Crippen molar-refractivity contribution in [2.24, 2.45) is 58.2 Å². The maximum absolute atomic E-state index is 11.6. The first-order chi connectivity index (χ1) is 18.6. The van der Waals surface area contributed by atoms with E-state index in [2.05, 4.69) is 27.7 Å². The molecule has 0 amide bonds. The lowest BCUT2D eigenvalue weighted by atomic mass is 9.77. The second-order valence-corrected chi connectivity index (χ2v) is 15.4. The highest BCUT2D eigenvalue weighted by atomic mass is 35.5. The average molecular weight is 565 g/mol. The van der Waals surface area contributed by atoms with Crippen molar-refractivity contribution in [1.82, 2.24) is 0 Å². The Labute approximate surface area is 243 Å². The van der Waals surface area contributed by atoms with Gasteiger partial charge in [0.15, 0.2) is 0 Å². The van der Waals surface area contributed by atoms with Crippen LogP contribution in [0, 0.1) is 58.2 Å². The molecular formula is C34H57ClO4. The molecule has 6 aliphatic carbocycles. The standard InChI is InChI=1S/C17H28O2.C13H24O.C4H5ClO/c1-12(13-6-4-3-5-7-13)15-10-17(15,2)11-19-16(18)14-8-9-14;1-10(11-6-4-3-5-7-11)12-8-13(12,2)9-14;5-4(6)3-1-2-3/h12-15H,3-11H2,1-2H3;10-12,14H,3-9H2,1-2H3;3H,1-2H2/t12-,15-,17-;10-,12-,13-;/m00./s1. The molecule has 0 radical (unpaired) electrons. The highest BCUT2D eigenvalue weighted by molar-refractivity contribution is 6.64. The van der Waals surface area contributed by atoms with Gasteiger partial charge in [0.25, 0.3) is 0 Å². The summed E-state index contributed by atoms with van der Waals surface area (Å²) in [6.07, 6.45) is 21.0. The molecular weight excluding hydrogens is 508 g/mol. The molecule has 1 N–H and O–H groups in total. The Morgan fingerprint density at radius 1 is 0.744 bits per heavy atom. The maximum Gasteiger partial charge on any atom is 0.308 e. The molecule has 6 atom stereocenters. The normalized spacial score (nSPS) is 35.8. The highest BCUT2D eigenvalue weighted by Crippen LogP contribution is 2.60. The van der Waals surface area contributed by atoms with Crippen LogP contribution in [0.15, 0.2) is 0 Å². The fraction of sp³-hybridized carbons (Fsp3) is 0.941. The van der Waals surface area contributed by atoms with Crippen LogP contribution in [0.5, 0.6) is 0 Å².